The molecule has 1 heterocycles. The number of piperidine rings is 1. The predicted octanol–water partition coefficient (Wildman–Crippen LogP) is 2.39. The molecule has 3 rings (SSSR count). The minimum atomic E-state index is -3.67. The van der Waals surface area contributed by atoms with E-state index in [2.05, 4.69) is 15.4 Å². The summed E-state index contributed by atoms with van der Waals surface area (Å²) in [6.07, 6.45) is 1.97. The van der Waals surface area contributed by atoms with Crippen LogP contribution in [0, 0.1) is 0 Å². The number of rotatable bonds is 5. The number of benzene rings is 2. The molecule has 0 aliphatic carbocycles. The fraction of sp³-hybridized carbons (Fsp3) is 0.278. The highest BCUT2D eigenvalue weighted by atomic mass is 35.5. The highest BCUT2D eigenvalue weighted by Gasteiger charge is 2.18. The molecule has 140 valence electrons. The fourth-order valence-electron chi connectivity index (χ4n) is 2.78. The van der Waals surface area contributed by atoms with Gasteiger partial charge in [-0.05, 0) is 49.7 Å². The van der Waals surface area contributed by atoms with Crippen molar-refractivity contribution in [3.8, 4) is 0 Å². The molecule has 8 heteroatoms. The van der Waals surface area contributed by atoms with Crippen molar-refractivity contribution in [2.45, 2.75) is 23.8 Å². The highest BCUT2D eigenvalue weighted by Crippen LogP contribution is 2.17. The summed E-state index contributed by atoms with van der Waals surface area (Å²) < 4.78 is 27.3. The average molecular weight is 396 g/mol. The Kier molecular flexibility index (Phi) is 7.02. The normalized spacial score (nSPS) is 17.0. The zero-order chi connectivity index (χ0) is 17.7. The summed E-state index contributed by atoms with van der Waals surface area (Å²) in [5.41, 5.74) is 0.789. The van der Waals surface area contributed by atoms with E-state index in [9.17, 15) is 13.2 Å². The van der Waals surface area contributed by atoms with E-state index in [-0.39, 0.29) is 29.3 Å². The van der Waals surface area contributed by atoms with Crippen molar-refractivity contribution in [1.82, 2.24) is 10.6 Å². The van der Waals surface area contributed by atoms with Crippen molar-refractivity contribution in [2.24, 2.45) is 0 Å². The van der Waals surface area contributed by atoms with E-state index in [0.717, 1.165) is 25.9 Å². The lowest BCUT2D eigenvalue weighted by Gasteiger charge is -2.23. The van der Waals surface area contributed by atoms with Crippen LogP contribution in [0.3, 0.4) is 0 Å². The zero-order valence-electron chi connectivity index (χ0n) is 14.1. The Balaban J connectivity index is 0.00000243. The van der Waals surface area contributed by atoms with Crippen molar-refractivity contribution in [3.63, 3.8) is 0 Å². The Morgan fingerprint density at radius 3 is 2.54 bits per heavy atom. The topological polar surface area (TPSA) is 87.3 Å². The second-order valence-electron chi connectivity index (χ2n) is 6.02. The number of sulfonamides is 1. The standard InChI is InChI=1S/C18H21N3O3S.ClH/c22-18(20-16-8-5-11-19-13-16)14-6-4-7-15(12-14)21-25(23,24)17-9-2-1-3-10-17;/h1-4,6-7,9-10,12,16,19,21H,5,8,11,13H2,(H,20,22);1H. The molecule has 1 atom stereocenters. The summed E-state index contributed by atoms with van der Waals surface area (Å²) in [4.78, 5) is 12.6. The lowest BCUT2D eigenvalue weighted by molar-refractivity contribution is 0.0930. The van der Waals surface area contributed by atoms with E-state index in [0.29, 0.717) is 11.3 Å². The van der Waals surface area contributed by atoms with E-state index >= 15 is 0 Å². The van der Waals surface area contributed by atoms with E-state index < -0.39 is 10.0 Å². The van der Waals surface area contributed by atoms with Gasteiger partial charge in [0.05, 0.1) is 4.90 Å². The van der Waals surface area contributed by atoms with Crippen LogP contribution < -0.4 is 15.4 Å². The second kappa shape index (κ2) is 9.02. The monoisotopic (exact) mass is 395 g/mol. The molecule has 1 amide bonds. The van der Waals surface area contributed by atoms with Gasteiger partial charge in [0.15, 0.2) is 0 Å². The minimum absolute atomic E-state index is 0. The van der Waals surface area contributed by atoms with Gasteiger partial charge < -0.3 is 10.6 Å². The van der Waals surface area contributed by atoms with Crippen molar-refractivity contribution >= 4 is 34.0 Å². The zero-order valence-corrected chi connectivity index (χ0v) is 15.8. The van der Waals surface area contributed by atoms with Crippen LogP contribution in [0.1, 0.15) is 23.2 Å². The quantitative estimate of drug-likeness (QED) is 0.725. The number of anilines is 1. The van der Waals surface area contributed by atoms with Gasteiger partial charge in [-0.15, -0.1) is 12.4 Å². The molecule has 1 unspecified atom stereocenters. The number of halogens is 1. The molecule has 0 radical (unpaired) electrons. The Morgan fingerprint density at radius 1 is 1.08 bits per heavy atom. The molecule has 0 bridgehead atoms. The summed E-state index contributed by atoms with van der Waals surface area (Å²) in [5, 5.41) is 6.22. The lowest BCUT2D eigenvalue weighted by Crippen LogP contribution is -2.45. The molecular weight excluding hydrogens is 374 g/mol. The van der Waals surface area contributed by atoms with Crippen molar-refractivity contribution in [3.05, 3.63) is 60.2 Å². The minimum Gasteiger partial charge on any atom is -0.348 e. The van der Waals surface area contributed by atoms with Gasteiger partial charge >= 0.3 is 0 Å². The molecule has 1 fully saturated rings. The first-order chi connectivity index (χ1) is 12.0. The third-order valence-electron chi connectivity index (χ3n) is 4.06. The molecule has 2 aromatic rings. The molecule has 2 aromatic carbocycles. The number of carbonyl (C=O) groups excluding carboxylic acids is 1. The summed E-state index contributed by atoms with van der Waals surface area (Å²) in [7, 11) is -3.67. The molecule has 0 saturated carbocycles. The first kappa shape index (κ1) is 20.2. The Morgan fingerprint density at radius 2 is 1.85 bits per heavy atom. The summed E-state index contributed by atoms with van der Waals surface area (Å²) in [5.74, 6) is -0.200. The Labute approximate surface area is 159 Å². The van der Waals surface area contributed by atoms with E-state index in [4.69, 9.17) is 0 Å². The number of hydrogen-bond acceptors (Lipinski definition) is 4. The first-order valence-electron chi connectivity index (χ1n) is 8.24. The molecule has 6 nitrogen and oxygen atoms in total. The van der Waals surface area contributed by atoms with Gasteiger partial charge in [0.2, 0.25) is 0 Å². The molecule has 0 spiro atoms. The van der Waals surface area contributed by atoms with Crippen molar-refractivity contribution in [1.29, 1.82) is 0 Å². The Bertz CT molecular complexity index is 838. The van der Waals surface area contributed by atoms with Gasteiger partial charge in [-0.1, -0.05) is 24.3 Å². The van der Waals surface area contributed by atoms with Crippen LogP contribution in [0.25, 0.3) is 0 Å². The third-order valence-corrected chi connectivity index (χ3v) is 5.46. The van der Waals surface area contributed by atoms with Gasteiger partial charge in [-0.2, -0.15) is 0 Å². The third kappa shape index (κ3) is 5.20. The van der Waals surface area contributed by atoms with Gasteiger partial charge in [0.25, 0.3) is 15.9 Å². The summed E-state index contributed by atoms with van der Waals surface area (Å²) in [6, 6.07) is 14.7. The number of amides is 1. The maximum atomic E-state index is 12.4. The van der Waals surface area contributed by atoms with Crippen LogP contribution in [-0.4, -0.2) is 33.5 Å². The first-order valence-corrected chi connectivity index (χ1v) is 9.72. The molecule has 1 aliphatic heterocycles. The van der Waals surface area contributed by atoms with E-state index in [1.165, 1.54) is 12.1 Å². The Hall–Kier alpha value is -2.09. The SMILES string of the molecule is Cl.O=C(NC1CCCNC1)c1cccc(NS(=O)(=O)c2ccccc2)c1. The van der Waals surface area contributed by atoms with Crippen LogP contribution in [-0.2, 0) is 10.0 Å². The van der Waals surface area contributed by atoms with Crippen LogP contribution in [0.2, 0.25) is 0 Å². The number of carbonyl (C=O) groups is 1. The van der Waals surface area contributed by atoms with E-state index in [1.807, 2.05) is 0 Å². The van der Waals surface area contributed by atoms with Gasteiger partial charge in [0, 0.05) is 23.8 Å². The fourth-order valence-corrected chi connectivity index (χ4v) is 3.85. The maximum Gasteiger partial charge on any atom is 0.261 e. The molecule has 1 saturated heterocycles. The maximum absolute atomic E-state index is 12.4. The van der Waals surface area contributed by atoms with Gasteiger partial charge in [-0.3, -0.25) is 9.52 Å². The number of nitrogens with one attached hydrogen (secondary N) is 3. The van der Waals surface area contributed by atoms with Crippen LogP contribution >= 0.6 is 12.4 Å². The lowest BCUT2D eigenvalue weighted by atomic mass is 10.1. The van der Waals surface area contributed by atoms with Gasteiger partial charge in [0.1, 0.15) is 0 Å². The molecule has 0 aromatic heterocycles. The second-order valence-corrected chi connectivity index (χ2v) is 7.70. The molecular formula is C18H22ClN3O3S. The largest absolute Gasteiger partial charge is 0.348 e. The smallest absolute Gasteiger partial charge is 0.261 e. The van der Waals surface area contributed by atoms with E-state index in [1.54, 1.807) is 42.5 Å². The summed E-state index contributed by atoms with van der Waals surface area (Å²) >= 11 is 0. The van der Waals surface area contributed by atoms with Crippen LogP contribution in [0.15, 0.2) is 59.5 Å². The highest BCUT2D eigenvalue weighted by molar-refractivity contribution is 7.92. The number of hydrogen-bond donors (Lipinski definition) is 3. The molecule has 3 N–H and O–H groups in total. The van der Waals surface area contributed by atoms with Crippen molar-refractivity contribution < 1.29 is 13.2 Å². The molecule has 26 heavy (non-hydrogen) atoms. The summed E-state index contributed by atoms with van der Waals surface area (Å²) in [6.45, 7) is 1.73. The predicted molar refractivity (Wildman–Crippen MR) is 104 cm³/mol. The van der Waals surface area contributed by atoms with Gasteiger partial charge in [-0.25, -0.2) is 8.42 Å². The molecule has 1 aliphatic rings. The van der Waals surface area contributed by atoms with Crippen LogP contribution in [0.5, 0.6) is 0 Å². The van der Waals surface area contributed by atoms with Crippen molar-refractivity contribution in [2.75, 3.05) is 17.8 Å². The van der Waals surface area contributed by atoms with Crippen LogP contribution in [0.4, 0.5) is 5.69 Å². The average Bonchev–Trinajstić information content (AvgIpc) is 2.63.